The molecule has 0 aliphatic heterocycles. The summed E-state index contributed by atoms with van der Waals surface area (Å²) in [6.07, 6.45) is -0.0866. The predicted octanol–water partition coefficient (Wildman–Crippen LogP) is 2.08. The van der Waals surface area contributed by atoms with E-state index in [1.807, 2.05) is 13.0 Å². The van der Waals surface area contributed by atoms with Crippen LogP contribution in [0, 0.1) is 0 Å². The van der Waals surface area contributed by atoms with Crippen LogP contribution in [0.2, 0.25) is 0 Å². The molecule has 2 N–H and O–H groups in total. The third-order valence-electron chi connectivity index (χ3n) is 2.99. The van der Waals surface area contributed by atoms with E-state index in [0.717, 1.165) is 5.56 Å². The lowest BCUT2D eigenvalue weighted by Crippen LogP contribution is -2.28. The molecule has 1 aromatic rings. The van der Waals surface area contributed by atoms with Gasteiger partial charge in [-0.25, -0.2) is 0 Å². The van der Waals surface area contributed by atoms with Gasteiger partial charge in [-0.15, -0.1) is 0 Å². The number of carbonyl (C=O) groups is 2. The molecule has 1 rings (SSSR count). The monoisotopic (exact) mass is 309 g/mol. The van der Waals surface area contributed by atoms with Crippen LogP contribution in [0.5, 0.6) is 0 Å². The lowest BCUT2D eigenvalue weighted by molar-refractivity contribution is -0.137. The molecule has 122 valence electrons. The molecule has 6 heteroatoms. The van der Waals surface area contributed by atoms with E-state index in [0.29, 0.717) is 31.9 Å². The lowest BCUT2D eigenvalue weighted by atomic mass is 10.1. The Balaban J connectivity index is 2.46. The van der Waals surface area contributed by atoms with Crippen LogP contribution in [-0.4, -0.2) is 42.9 Å². The Morgan fingerprint density at radius 3 is 2.77 bits per heavy atom. The third kappa shape index (κ3) is 7.19. The van der Waals surface area contributed by atoms with Crippen molar-refractivity contribution in [2.75, 3.05) is 25.1 Å². The molecule has 0 aliphatic carbocycles. The first-order valence-corrected chi connectivity index (χ1v) is 7.34. The third-order valence-corrected chi connectivity index (χ3v) is 2.99. The minimum Gasteiger partial charge on any atom is -0.481 e. The summed E-state index contributed by atoms with van der Waals surface area (Å²) >= 11 is 0. The maximum Gasteiger partial charge on any atom is 0.303 e. The zero-order chi connectivity index (χ0) is 16.4. The van der Waals surface area contributed by atoms with Crippen LogP contribution in [0.25, 0.3) is 0 Å². The number of carbonyl (C=O) groups excluding carboxylic acids is 1. The van der Waals surface area contributed by atoms with E-state index >= 15 is 0 Å². The molecule has 0 heterocycles. The second-order valence-corrected chi connectivity index (χ2v) is 4.79. The maximum absolute atomic E-state index is 12.0. The molecule has 0 saturated carbocycles. The summed E-state index contributed by atoms with van der Waals surface area (Å²) in [6, 6.07) is 7.15. The van der Waals surface area contributed by atoms with Crippen molar-refractivity contribution in [2.24, 2.45) is 0 Å². The summed E-state index contributed by atoms with van der Waals surface area (Å²) in [5.74, 6) is -1.09. The van der Waals surface area contributed by atoms with E-state index in [9.17, 15) is 9.59 Å². The lowest BCUT2D eigenvalue weighted by Gasteiger charge is -2.14. The molecule has 1 amide bonds. The fourth-order valence-corrected chi connectivity index (χ4v) is 1.80. The molecule has 0 spiro atoms. The summed E-state index contributed by atoms with van der Waals surface area (Å²) < 4.78 is 10.5. The number of nitrogens with one attached hydrogen (secondary N) is 1. The molecular formula is C16H23NO5. The van der Waals surface area contributed by atoms with E-state index in [1.54, 1.807) is 25.1 Å². The zero-order valence-corrected chi connectivity index (χ0v) is 13.0. The normalized spacial score (nSPS) is 11.9. The summed E-state index contributed by atoms with van der Waals surface area (Å²) in [6.45, 7) is 5.01. The Morgan fingerprint density at radius 2 is 2.09 bits per heavy atom. The van der Waals surface area contributed by atoms with Gasteiger partial charge in [0, 0.05) is 18.7 Å². The molecule has 6 nitrogen and oxygen atoms in total. The van der Waals surface area contributed by atoms with Crippen LogP contribution >= 0.6 is 0 Å². The topological polar surface area (TPSA) is 84.9 Å². The maximum atomic E-state index is 12.0. The molecule has 0 aliphatic rings. The van der Waals surface area contributed by atoms with Crippen LogP contribution in [0.1, 0.15) is 25.8 Å². The molecule has 0 fully saturated rings. The van der Waals surface area contributed by atoms with Gasteiger partial charge < -0.3 is 19.9 Å². The van der Waals surface area contributed by atoms with Gasteiger partial charge in [-0.2, -0.15) is 0 Å². The standard InChI is InChI=1S/C16H23NO5/c1-3-21-9-10-22-12(2)16(20)17-14-6-4-5-13(11-14)7-8-15(18)19/h4-6,11-12H,3,7-10H2,1-2H3,(H,17,20)(H,18,19). The average Bonchev–Trinajstić information content (AvgIpc) is 2.49. The van der Waals surface area contributed by atoms with E-state index in [-0.39, 0.29) is 12.3 Å². The van der Waals surface area contributed by atoms with Gasteiger partial charge in [0.2, 0.25) is 0 Å². The molecule has 22 heavy (non-hydrogen) atoms. The van der Waals surface area contributed by atoms with Crippen molar-refractivity contribution in [3.05, 3.63) is 29.8 Å². The van der Waals surface area contributed by atoms with Crippen molar-refractivity contribution in [1.82, 2.24) is 0 Å². The highest BCUT2D eigenvalue weighted by Gasteiger charge is 2.13. The first kappa shape index (κ1) is 18.1. The number of hydrogen-bond acceptors (Lipinski definition) is 4. The van der Waals surface area contributed by atoms with Gasteiger partial charge in [0.05, 0.1) is 13.2 Å². The molecule has 1 atom stereocenters. The Labute approximate surface area is 130 Å². The smallest absolute Gasteiger partial charge is 0.303 e. The quantitative estimate of drug-likeness (QED) is 0.646. The van der Waals surface area contributed by atoms with Crippen LogP contribution < -0.4 is 5.32 Å². The number of carboxylic acid groups (broad SMARTS) is 1. The second kappa shape index (κ2) is 9.92. The Bertz CT molecular complexity index is 489. The molecule has 0 radical (unpaired) electrons. The summed E-state index contributed by atoms with van der Waals surface area (Å²) in [5.41, 5.74) is 1.50. The van der Waals surface area contributed by atoms with Gasteiger partial charge in [-0.05, 0) is 38.0 Å². The molecule has 1 aromatic carbocycles. The van der Waals surface area contributed by atoms with E-state index in [4.69, 9.17) is 14.6 Å². The van der Waals surface area contributed by atoms with Crippen LogP contribution in [-0.2, 0) is 25.5 Å². The highest BCUT2D eigenvalue weighted by atomic mass is 16.5. The Hall–Kier alpha value is -1.92. The average molecular weight is 309 g/mol. The summed E-state index contributed by atoms with van der Waals surface area (Å²) in [7, 11) is 0. The number of amides is 1. The molecule has 0 aromatic heterocycles. The van der Waals surface area contributed by atoms with Crippen LogP contribution in [0.4, 0.5) is 5.69 Å². The molecule has 1 unspecified atom stereocenters. The zero-order valence-electron chi connectivity index (χ0n) is 13.0. The van der Waals surface area contributed by atoms with E-state index in [1.165, 1.54) is 0 Å². The number of aryl methyl sites for hydroxylation is 1. The number of ether oxygens (including phenoxy) is 2. The van der Waals surface area contributed by atoms with Crippen molar-refractivity contribution in [3.63, 3.8) is 0 Å². The summed E-state index contributed by atoms with van der Waals surface area (Å²) in [5, 5.41) is 11.4. The van der Waals surface area contributed by atoms with E-state index in [2.05, 4.69) is 5.32 Å². The van der Waals surface area contributed by atoms with Crippen LogP contribution in [0.3, 0.4) is 0 Å². The van der Waals surface area contributed by atoms with Gasteiger partial charge in [0.15, 0.2) is 0 Å². The van der Waals surface area contributed by atoms with Gasteiger partial charge in [-0.3, -0.25) is 9.59 Å². The van der Waals surface area contributed by atoms with Gasteiger partial charge in [-0.1, -0.05) is 12.1 Å². The number of carboxylic acids is 1. The number of rotatable bonds is 10. The second-order valence-electron chi connectivity index (χ2n) is 4.79. The highest BCUT2D eigenvalue weighted by Crippen LogP contribution is 2.13. The number of aliphatic carboxylic acids is 1. The first-order valence-electron chi connectivity index (χ1n) is 7.34. The predicted molar refractivity (Wildman–Crippen MR) is 82.9 cm³/mol. The fourth-order valence-electron chi connectivity index (χ4n) is 1.80. The summed E-state index contributed by atoms with van der Waals surface area (Å²) in [4.78, 5) is 22.6. The van der Waals surface area contributed by atoms with Crippen molar-refractivity contribution in [2.45, 2.75) is 32.8 Å². The minimum absolute atomic E-state index is 0.0638. The Morgan fingerprint density at radius 1 is 1.32 bits per heavy atom. The largest absolute Gasteiger partial charge is 0.481 e. The van der Waals surface area contributed by atoms with Gasteiger partial charge in [0.25, 0.3) is 5.91 Å². The first-order chi connectivity index (χ1) is 10.5. The van der Waals surface area contributed by atoms with Crippen molar-refractivity contribution >= 4 is 17.6 Å². The van der Waals surface area contributed by atoms with E-state index < -0.39 is 12.1 Å². The SMILES string of the molecule is CCOCCOC(C)C(=O)Nc1cccc(CCC(=O)O)c1. The highest BCUT2D eigenvalue weighted by molar-refractivity contribution is 5.93. The van der Waals surface area contributed by atoms with Crippen molar-refractivity contribution in [3.8, 4) is 0 Å². The Kier molecular flexibility index (Phi) is 8.17. The number of benzene rings is 1. The van der Waals surface area contributed by atoms with Crippen molar-refractivity contribution in [1.29, 1.82) is 0 Å². The molecular weight excluding hydrogens is 286 g/mol. The van der Waals surface area contributed by atoms with Gasteiger partial charge in [0.1, 0.15) is 6.10 Å². The number of hydrogen-bond donors (Lipinski definition) is 2. The van der Waals surface area contributed by atoms with Crippen molar-refractivity contribution < 1.29 is 24.2 Å². The molecule has 0 saturated heterocycles. The minimum atomic E-state index is -0.842. The fraction of sp³-hybridized carbons (Fsp3) is 0.500. The molecule has 0 bridgehead atoms. The van der Waals surface area contributed by atoms with Gasteiger partial charge >= 0.3 is 5.97 Å². The van der Waals surface area contributed by atoms with Crippen LogP contribution in [0.15, 0.2) is 24.3 Å². The number of anilines is 1.